The van der Waals surface area contributed by atoms with Crippen LogP contribution in [-0.4, -0.2) is 108 Å². The molecular weight excluding hydrogens is 1250 g/mol. The molecule has 6 aromatic rings. The van der Waals surface area contributed by atoms with Crippen LogP contribution in [0.15, 0.2) is 146 Å². The van der Waals surface area contributed by atoms with E-state index in [0.717, 1.165) is 0 Å². The van der Waals surface area contributed by atoms with E-state index in [9.17, 15) is 56.8 Å². The summed E-state index contributed by atoms with van der Waals surface area (Å²) >= 11 is 25.1. The lowest BCUT2D eigenvalue weighted by molar-refractivity contribution is -0.183. The van der Waals surface area contributed by atoms with E-state index < -0.39 is 116 Å². The maximum absolute atomic E-state index is 14.3. The lowest BCUT2D eigenvalue weighted by atomic mass is 9.89. The summed E-state index contributed by atoms with van der Waals surface area (Å²) in [4.78, 5) is 55.4. The number of anilines is 2. The molecule has 88 heavy (non-hydrogen) atoms. The standard InChI is InChI=1S/2C32H31Cl2N3O6S/c2*1-2-25(19-36(44(41,42)26-14-15-26)27-9-4-3-6-22(27)18-35)37-30(20-10-12-23(33)13-11-20)31(21-7-5-8-24(34)16-21)43-28(32(37)40)17-29(38)39/h2*3-13,16,25-26,28,30-31H,2,14-15,17,19H2,1H3,(H,38,39)/t25?,28-,30+,31+;25?,28-,30-,31-/m01/s1. The molecule has 460 valence electrons. The van der Waals surface area contributed by atoms with Crippen LogP contribution < -0.4 is 8.61 Å². The summed E-state index contributed by atoms with van der Waals surface area (Å²) in [5, 5.41) is 39.8. The van der Waals surface area contributed by atoms with Gasteiger partial charge in [0.05, 0.1) is 83.1 Å². The van der Waals surface area contributed by atoms with Gasteiger partial charge in [0.1, 0.15) is 36.6 Å². The number of carbonyl (C=O) groups excluding carboxylic acids is 2. The molecule has 2 heterocycles. The monoisotopic (exact) mass is 1310 g/mol. The number of rotatable bonds is 22. The SMILES string of the molecule is CCC(CN(c1ccccc1C#N)S(=O)(=O)C1CC1)N1C(=O)[C@@H](CC(=O)O)O[C@H](c2cccc(Cl)c2)[C@H]1c1ccc(Cl)cc1.CCC(CN(c1ccccc1C#N)S(=O)(=O)C1CC1)N1C(=O)[C@H](CC(=O)O)O[C@H](c2cccc(Cl)c2)[C@H]1c1ccc(Cl)cc1. The minimum atomic E-state index is -3.88. The van der Waals surface area contributed by atoms with Crippen LogP contribution in [0.2, 0.25) is 20.1 Å². The Morgan fingerprint density at radius 1 is 0.534 bits per heavy atom. The highest BCUT2D eigenvalue weighted by Crippen LogP contribution is 2.48. The summed E-state index contributed by atoms with van der Waals surface area (Å²) in [6.45, 7) is 3.38. The van der Waals surface area contributed by atoms with Gasteiger partial charge in [-0.3, -0.25) is 27.8 Å². The van der Waals surface area contributed by atoms with Crippen LogP contribution in [0.3, 0.4) is 0 Å². The third-order valence-corrected chi connectivity index (χ3v) is 21.4. The Kier molecular flexibility index (Phi) is 20.8. The van der Waals surface area contributed by atoms with Crippen molar-refractivity contribution in [2.75, 3.05) is 21.7 Å². The normalized spacial score (nSPS) is 21.0. The van der Waals surface area contributed by atoms with Crippen LogP contribution in [0.5, 0.6) is 0 Å². The molecule has 2 amide bonds. The van der Waals surface area contributed by atoms with Crippen LogP contribution in [-0.2, 0) is 48.7 Å². The van der Waals surface area contributed by atoms with E-state index in [0.29, 0.717) is 80.9 Å². The summed E-state index contributed by atoms with van der Waals surface area (Å²) in [6.07, 6.45) is -2.86. The van der Waals surface area contributed by atoms with E-state index in [1.54, 1.807) is 155 Å². The van der Waals surface area contributed by atoms with Gasteiger partial charge < -0.3 is 29.5 Å². The summed E-state index contributed by atoms with van der Waals surface area (Å²) in [5.41, 5.74) is 3.41. The smallest absolute Gasteiger partial charge is 0.306 e. The van der Waals surface area contributed by atoms with Crippen LogP contribution in [0.25, 0.3) is 0 Å². The van der Waals surface area contributed by atoms with Gasteiger partial charge in [-0.25, -0.2) is 16.8 Å². The lowest BCUT2D eigenvalue weighted by Gasteiger charge is -2.48. The molecule has 0 spiro atoms. The lowest BCUT2D eigenvalue weighted by Crippen LogP contribution is -2.58. The molecule has 18 nitrogen and oxygen atoms in total. The predicted molar refractivity (Wildman–Crippen MR) is 334 cm³/mol. The van der Waals surface area contributed by atoms with Crippen molar-refractivity contribution in [3.05, 3.63) is 199 Å². The van der Waals surface area contributed by atoms with Crippen LogP contribution in [0.1, 0.15) is 123 Å². The van der Waals surface area contributed by atoms with Gasteiger partial charge in [-0.05, 0) is 134 Å². The molecule has 2 saturated heterocycles. The van der Waals surface area contributed by atoms with Gasteiger partial charge in [-0.2, -0.15) is 10.5 Å². The number of benzene rings is 6. The second kappa shape index (κ2) is 28.1. The molecule has 8 atom stereocenters. The molecule has 4 fully saturated rings. The number of para-hydroxylation sites is 2. The second-order valence-corrected chi connectivity index (χ2v) is 27.8. The average Bonchev–Trinajstić information content (AvgIpc) is 2.44. The maximum atomic E-state index is 14.3. The highest BCUT2D eigenvalue weighted by Gasteiger charge is 2.51. The molecule has 4 aliphatic rings. The van der Waals surface area contributed by atoms with Crippen molar-refractivity contribution in [2.24, 2.45) is 0 Å². The minimum Gasteiger partial charge on any atom is -0.481 e. The average molecular weight is 1310 g/mol. The summed E-state index contributed by atoms with van der Waals surface area (Å²) < 4.78 is 70.6. The Morgan fingerprint density at radius 2 is 0.886 bits per heavy atom. The van der Waals surface area contributed by atoms with Crippen molar-refractivity contribution >= 4 is 102 Å². The van der Waals surface area contributed by atoms with Gasteiger partial charge in [-0.15, -0.1) is 0 Å². The van der Waals surface area contributed by atoms with Crippen molar-refractivity contribution in [1.29, 1.82) is 10.5 Å². The van der Waals surface area contributed by atoms with Gasteiger partial charge in [0.2, 0.25) is 20.0 Å². The summed E-state index contributed by atoms with van der Waals surface area (Å²) in [7, 11) is -7.76. The number of ether oxygens (including phenoxy) is 2. The first kappa shape index (κ1) is 65.2. The molecular formula is C64H62Cl4N6O12S2. The number of hydrogen-bond donors (Lipinski definition) is 2. The molecule has 24 heteroatoms. The molecule has 6 aromatic carbocycles. The number of amides is 2. The molecule has 0 bridgehead atoms. The molecule has 0 radical (unpaired) electrons. The molecule has 0 aromatic heterocycles. The number of aliphatic carboxylic acids is 2. The molecule has 10 rings (SSSR count). The topological polar surface area (TPSA) is 256 Å². The van der Waals surface area contributed by atoms with Gasteiger partial charge in [0.25, 0.3) is 11.8 Å². The fraction of sp³-hybridized carbons (Fsp3) is 0.344. The Bertz CT molecular complexity index is 3630. The summed E-state index contributed by atoms with van der Waals surface area (Å²) in [5.74, 6) is -3.58. The quantitative estimate of drug-likeness (QED) is 0.0641. The number of carboxylic acid groups (broad SMARTS) is 2. The maximum Gasteiger partial charge on any atom is 0.306 e. The van der Waals surface area contributed by atoms with E-state index in [2.05, 4.69) is 12.1 Å². The zero-order valence-electron chi connectivity index (χ0n) is 47.7. The van der Waals surface area contributed by atoms with E-state index in [4.69, 9.17) is 55.9 Å². The number of carboxylic acids is 2. The molecule has 2 aliphatic heterocycles. The third kappa shape index (κ3) is 14.6. The largest absolute Gasteiger partial charge is 0.481 e. The first-order chi connectivity index (χ1) is 42.1. The van der Waals surface area contributed by atoms with E-state index in [1.807, 2.05) is 13.8 Å². The second-order valence-electron chi connectivity index (χ2n) is 21.8. The Morgan fingerprint density at radius 3 is 1.19 bits per heavy atom. The van der Waals surface area contributed by atoms with Crippen molar-refractivity contribution in [2.45, 2.75) is 124 Å². The zero-order valence-corrected chi connectivity index (χ0v) is 52.3. The van der Waals surface area contributed by atoms with Crippen molar-refractivity contribution < 1.29 is 55.7 Å². The first-order valence-electron chi connectivity index (χ1n) is 28.5. The summed E-state index contributed by atoms with van der Waals surface area (Å²) in [6, 6.07) is 41.8. The van der Waals surface area contributed by atoms with Crippen molar-refractivity contribution in [3.8, 4) is 12.1 Å². The van der Waals surface area contributed by atoms with Crippen LogP contribution >= 0.6 is 46.4 Å². The molecule has 2 N–H and O–H groups in total. The first-order valence-corrected chi connectivity index (χ1v) is 33.0. The van der Waals surface area contributed by atoms with Crippen LogP contribution in [0, 0.1) is 22.7 Å². The molecule has 2 unspecified atom stereocenters. The zero-order chi connectivity index (χ0) is 63.2. The number of carbonyl (C=O) groups is 4. The number of hydrogen-bond acceptors (Lipinski definition) is 12. The van der Waals surface area contributed by atoms with Gasteiger partial charge in [0, 0.05) is 20.1 Å². The number of morpholine rings is 2. The van der Waals surface area contributed by atoms with Crippen molar-refractivity contribution in [1.82, 2.24) is 9.80 Å². The number of nitrogens with zero attached hydrogens (tertiary/aromatic N) is 6. The highest BCUT2D eigenvalue weighted by molar-refractivity contribution is 7.94. The van der Waals surface area contributed by atoms with Gasteiger partial charge >= 0.3 is 11.9 Å². The van der Waals surface area contributed by atoms with Crippen LogP contribution in [0.4, 0.5) is 11.4 Å². The third-order valence-electron chi connectivity index (χ3n) is 15.9. The Labute approximate surface area is 531 Å². The van der Waals surface area contributed by atoms with E-state index in [1.165, 1.54) is 8.61 Å². The number of sulfonamides is 2. The fourth-order valence-corrected chi connectivity index (χ4v) is 15.8. The van der Waals surface area contributed by atoms with Gasteiger partial charge in [0.15, 0.2) is 0 Å². The highest BCUT2D eigenvalue weighted by atomic mass is 35.5. The van der Waals surface area contributed by atoms with E-state index >= 15 is 0 Å². The van der Waals surface area contributed by atoms with Crippen molar-refractivity contribution in [3.63, 3.8) is 0 Å². The molecule has 2 aliphatic carbocycles. The van der Waals surface area contributed by atoms with E-state index in [-0.39, 0.29) is 35.6 Å². The minimum absolute atomic E-state index is 0.147. The number of nitriles is 2. The number of halogens is 4. The predicted octanol–water partition coefficient (Wildman–Crippen LogP) is 12.3. The van der Waals surface area contributed by atoms with Gasteiger partial charge in [-0.1, -0.05) is 133 Å². The Hall–Kier alpha value is -7.24. The fourth-order valence-electron chi connectivity index (χ4n) is 11.4. The Balaban J connectivity index is 0.000000209. The molecule has 2 saturated carbocycles.